The van der Waals surface area contributed by atoms with E-state index in [9.17, 15) is 0 Å². The van der Waals surface area contributed by atoms with Gasteiger partial charge in [0.2, 0.25) is 5.52 Å². The number of fused-ring (bicyclic) bond motifs is 1. The van der Waals surface area contributed by atoms with Crippen molar-refractivity contribution in [2.24, 2.45) is 0 Å². The van der Waals surface area contributed by atoms with Crippen LogP contribution in [0.25, 0.3) is 22.0 Å². The molecule has 0 saturated carbocycles. The van der Waals surface area contributed by atoms with Crippen LogP contribution < -0.4 is 4.57 Å². The van der Waals surface area contributed by atoms with Crippen LogP contribution in [-0.2, 0) is 13.0 Å². The van der Waals surface area contributed by atoms with Crippen LogP contribution in [0.5, 0.6) is 0 Å². The molecule has 3 aromatic carbocycles. The Morgan fingerprint density at radius 1 is 0.556 bits per heavy atom. The fourth-order valence-electron chi connectivity index (χ4n) is 3.70. The van der Waals surface area contributed by atoms with Gasteiger partial charge in [-0.05, 0) is 48.1 Å². The van der Waals surface area contributed by atoms with Gasteiger partial charge in [0.25, 0.3) is 0 Å². The summed E-state index contributed by atoms with van der Waals surface area (Å²) in [5.74, 6) is 0. The molecule has 0 amide bonds. The van der Waals surface area contributed by atoms with Gasteiger partial charge in [-0.3, -0.25) is 0 Å². The van der Waals surface area contributed by atoms with Gasteiger partial charge >= 0.3 is 0 Å². The number of pyridine rings is 1. The van der Waals surface area contributed by atoms with Crippen LogP contribution in [0, 0.1) is 0 Å². The van der Waals surface area contributed by atoms with E-state index in [1.54, 1.807) is 0 Å². The van der Waals surface area contributed by atoms with Gasteiger partial charge < -0.3 is 0 Å². The first-order valence-electron chi connectivity index (χ1n) is 9.92. The van der Waals surface area contributed by atoms with E-state index in [0.29, 0.717) is 0 Å². The van der Waals surface area contributed by atoms with Gasteiger partial charge in [-0.15, -0.1) is 0 Å². The molecule has 0 bridgehead atoms. The van der Waals surface area contributed by atoms with E-state index in [1.807, 2.05) is 0 Å². The molecule has 1 heterocycles. The van der Waals surface area contributed by atoms with Crippen LogP contribution in [0.2, 0.25) is 0 Å². The molecule has 27 heavy (non-hydrogen) atoms. The summed E-state index contributed by atoms with van der Waals surface area (Å²) in [6.07, 6.45) is 7.09. The Kier molecular flexibility index (Phi) is 5.59. The largest absolute Gasteiger partial charge is 0.212 e. The molecule has 1 aromatic heterocycles. The Bertz CT molecular complexity index is 982. The van der Waals surface area contributed by atoms with Gasteiger partial charge in [-0.1, -0.05) is 66.7 Å². The number of nitrogens with zero attached hydrogens (tertiary/aromatic N) is 1. The molecule has 1 nitrogen and oxygen atoms in total. The molecule has 0 atom stereocenters. The molecule has 0 aliphatic rings. The summed E-state index contributed by atoms with van der Waals surface area (Å²) in [6, 6.07) is 32.6. The summed E-state index contributed by atoms with van der Waals surface area (Å²) in [7, 11) is 0. The standard InChI is InChI=1S/C26H26N/c1-4-11-23(12-5-1)24-18-16-22(17-19-24)10-3-2-8-20-27-21-9-14-25-13-6-7-15-26(25)27/h1,4-7,9,11-19,21H,2-3,8,10,20H2/q+1. The van der Waals surface area contributed by atoms with Crippen LogP contribution in [0.1, 0.15) is 24.8 Å². The fraction of sp³-hybridized carbons (Fsp3) is 0.192. The normalized spacial score (nSPS) is 11.0. The molecular formula is C26H26N+. The third-order valence-electron chi connectivity index (χ3n) is 5.21. The topological polar surface area (TPSA) is 3.88 Å². The first-order chi connectivity index (χ1) is 13.4. The maximum absolute atomic E-state index is 2.38. The van der Waals surface area contributed by atoms with E-state index < -0.39 is 0 Å². The van der Waals surface area contributed by atoms with Crippen LogP contribution in [-0.4, -0.2) is 0 Å². The van der Waals surface area contributed by atoms with Gasteiger partial charge in [0.05, 0.1) is 0 Å². The van der Waals surface area contributed by atoms with Crippen LogP contribution in [0.3, 0.4) is 0 Å². The maximum atomic E-state index is 2.38. The zero-order valence-corrected chi connectivity index (χ0v) is 15.7. The van der Waals surface area contributed by atoms with Crippen LogP contribution in [0.15, 0.2) is 97.2 Å². The zero-order valence-electron chi connectivity index (χ0n) is 15.7. The van der Waals surface area contributed by atoms with Crippen molar-refractivity contribution in [3.05, 3.63) is 103 Å². The van der Waals surface area contributed by atoms with Crippen molar-refractivity contribution < 1.29 is 4.57 Å². The van der Waals surface area contributed by atoms with Crippen LogP contribution >= 0.6 is 0 Å². The zero-order chi connectivity index (χ0) is 18.3. The van der Waals surface area contributed by atoms with Gasteiger partial charge in [0.15, 0.2) is 6.20 Å². The second kappa shape index (κ2) is 8.64. The minimum Gasteiger partial charge on any atom is -0.198 e. The molecule has 4 aromatic rings. The SMILES string of the molecule is c1ccc(-c2ccc(CCCCC[n+]3cccc4ccccc43)cc2)cc1. The lowest BCUT2D eigenvalue weighted by Crippen LogP contribution is -2.33. The highest BCUT2D eigenvalue weighted by molar-refractivity contribution is 5.74. The van der Waals surface area contributed by atoms with E-state index in [4.69, 9.17) is 0 Å². The first-order valence-corrected chi connectivity index (χ1v) is 9.92. The molecule has 134 valence electrons. The average molecular weight is 353 g/mol. The van der Waals surface area contributed by atoms with Crippen LogP contribution in [0.4, 0.5) is 0 Å². The molecule has 0 fully saturated rings. The number of hydrogen-bond acceptors (Lipinski definition) is 0. The van der Waals surface area contributed by atoms with E-state index in [-0.39, 0.29) is 0 Å². The Labute approximate surface area is 161 Å². The Balaban J connectivity index is 1.27. The van der Waals surface area contributed by atoms with E-state index in [0.717, 1.165) is 13.0 Å². The van der Waals surface area contributed by atoms with E-state index in [2.05, 4.69) is 102 Å². The number of unbranched alkanes of at least 4 members (excludes halogenated alkanes) is 2. The fourth-order valence-corrected chi connectivity index (χ4v) is 3.70. The number of aromatic nitrogens is 1. The Morgan fingerprint density at radius 3 is 2.11 bits per heavy atom. The molecule has 0 unspecified atom stereocenters. The van der Waals surface area contributed by atoms with Gasteiger partial charge in [0.1, 0.15) is 6.54 Å². The van der Waals surface area contributed by atoms with Crippen molar-refractivity contribution >= 4 is 10.9 Å². The Hall–Kier alpha value is -2.93. The van der Waals surface area contributed by atoms with Gasteiger partial charge in [-0.2, -0.15) is 4.57 Å². The number of hydrogen-bond donors (Lipinski definition) is 0. The third kappa shape index (κ3) is 4.43. The maximum Gasteiger partial charge on any atom is 0.212 e. The highest BCUT2D eigenvalue weighted by Crippen LogP contribution is 2.20. The predicted octanol–water partition coefficient (Wildman–Crippen LogP) is 6.21. The minimum absolute atomic E-state index is 1.09. The molecule has 0 aliphatic carbocycles. The molecule has 1 heteroatoms. The lowest BCUT2D eigenvalue weighted by molar-refractivity contribution is -0.671. The molecule has 0 aliphatic heterocycles. The molecule has 4 rings (SSSR count). The molecule has 0 spiro atoms. The minimum atomic E-state index is 1.09. The summed E-state index contributed by atoms with van der Waals surface area (Å²) in [6.45, 7) is 1.09. The summed E-state index contributed by atoms with van der Waals surface area (Å²) < 4.78 is 2.38. The van der Waals surface area contributed by atoms with E-state index >= 15 is 0 Å². The monoisotopic (exact) mass is 352 g/mol. The molecular weight excluding hydrogens is 326 g/mol. The molecule has 0 saturated heterocycles. The quantitative estimate of drug-likeness (QED) is 0.275. The summed E-state index contributed by atoms with van der Waals surface area (Å²) >= 11 is 0. The van der Waals surface area contributed by atoms with E-state index in [1.165, 1.54) is 46.9 Å². The van der Waals surface area contributed by atoms with Crippen molar-refractivity contribution in [2.75, 3.05) is 0 Å². The number of benzene rings is 3. The van der Waals surface area contributed by atoms with Crippen molar-refractivity contribution in [3.8, 4) is 11.1 Å². The van der Waals surface area contributed by atoms with Gasteiger partial charge in [0, 0.05) is 23.9 Å². The number of rotatable bonds is 7. The summed E-state index contributed by atoms with van der Waals surface area (Å²) in [5, 5.41) is 1.32. The lowest BCUT2D eigenvalue weighted by atomic mass is 10.0. The highest BCUT2D eigenvalue weighted by atomic mass is 14.9. The molecule has 0 N–H and O–H groups in total. The van der Waals surface area contributed by atoms with Crippen molar-refractivity contribution in [1.82, 2.24) is 0 Å². The third-order valence-corrected chi connectivity index (χ3v) is 5.21. The first kappa shape index (κ1) is 17.5. The lowest BCUT2D eigenvalue weighted by Gasteiger charge is -2.05. The summed E-state index contributed by atoms with van der Waals surface area (Å²) in [5.41, 5.74) is 5.35. The predicted molar refractivity (Wildman–Crippen MR) is 114 cm³/mol. The average Bonchev–Trinajstić information content (AvgIpc) is 2.75. The second-order valence-electron chi connectivity index (χ2n) is 7.13. The Morgan fingerprint density at radius 2 is 1.26 bits per heavy atom. The van der Waals surface area contributed by atoms with Crippen molar-refractivity contribution in [3.63, 3.8) is 0 Å². The smallest absolute Gasteiger partial charge is 0.198 e. The number of aryl methyl sites for hydroxylation is 2. The second-order valence-corrected chi connectivity index (χ2v) is 7.13. The van der Waals surface area contributed by atoms with Gasteiger partial charge in [-0.25, -0.2) is 0 Å². The summed E-state index contributed by atoms with van der Waals surface area (Å²) in [4.78, 5) is 0. The highest BCUT2D eigenvalue weighted by Gasteiger charge is 2.06. The molecule has 0 radical (unpaired) electrons. The van der Waals surface area contributed by atoms with Crippen molar-refractivity contribution in [2.45, 2.75) is 32.2 Å². The number of para-hydroxylation sites is 1. The van der Waals surface area contributed by atoms with Crippen molar-refractivity contribution in [1.29, 1.82) is 0 Å².